The Hall–Kier alpha value is -2.08. The summed E-state index contributed by atoms with van der Waals surface area (Å²) in [5.74, 6) is 0.805. The van der Waals surface area contributed by atoms with Gasteiger partial charge in [0.15, 0.2) is 11.5 Å². The van der Waals surface area contributed by atoms with Crippen LogP contribution in [0, 0.1) is 0 Å². The SMILES string of the molecule is O=C(N[C@@H]1C[C@H]2CC[C@@H]1N2)c1cc2cc(N3CCCC3)oc2cn1. The minimum Gasteiger partial charge on any atom is -0.439 e. The summed E-state index contributed by atoms with van der Waals surface area (Å²) in [6, 6.07) is 5.11. The van der Waals surface area contributed by atoms with E-state index in [9.17, 15) is 4.79 Å². The van der Waals surface area contributed by atoms with Crippen molar-refractivity contribution in [3.8, 4) is 0 Å². The summed E-state index contributed by atoms with van der Waals surface area (Å²) in [4.78, 5) is 19.1. The lowest BCUT2D eigenvalue weighted by molar-refractivity contribution is 0.0926. The van der Waals surface area contributed by atoms with Gasteiger partial charge in [0.1, 0.15) is 5.69 Å². The van der Waals surface area contributed by atoms with E-state index in [-0.39, 0.29) is 11.9 Å². The van der Waals surface area contributed by atoms with Crippen molar-refractivity contribution in [2.75, 3.05) is 18.0 Å². The average molecular weight is 326 g/mol. The Kier molecular flexibility index (Phi) is 3.26. The van der Waals surface area contributed by atoms with E-state index < -0.39 is 0 Å². The summed E-state index contributed by atoms with van der Waals surface area (Å²) in [6.07, 6.45) is 7.51. The van der Waals surface area contributed by atoms with Gasteiger partial charge in [-0.3, -0.25) is 4.79 Å². The van der Waals surface area contributed by atoms with Gasteiger partial charge in [0.2, 0.25) is 0 Å². The fourth-order valence-corrected chi connectivity index (χ4v) is 4.38. The Morgan fingerprint density at radius 3 is 2.92 bits per heavy atom. The van der Waals surface area contributed by atoms with Gasteiger partial charge in [-0.1, -0.05) is 0 Å². The van der Waals surface area contributed by atoms with Crippen molar-refractivity contribution in [3.63, 3.8) is 0 Å². The molecule has 24 heavy (non-hydrogen) atoms. The summed E-state index contributed by atoms with van der Waals surface area (Å²) in [7, 11) is 0. The molecule has 3 fully saturated rings. The monoisotopic (exact) mass is 326 g/mol. The zero-order valence-electron chi connectivity index (χ0n) is 13.6. The summed E-state index contributed by atoms with van der Waals surface area (Å²) in [6.45, 7) is 2.08. The molecule has 0 radical (unpaired) electrons. The van der Waals surface area contributed by atoms with Crippen molar-refractivity contribution in [2.45, 2.75) is 50.2 Å². The number of nitrogens with one attached hydrogen (secondary N) is 2. The molecular weight excluding hydrogens is 304 g/mol. The quantitative estimate of drug-likeness (QED) is 0.903. The second kappa shape index (κ2) is 5.48. The maximum absolute atomic E-state index is 12.5. The zero-order chi connectivity index (χ0) is 16.1. The Balaban J connectivity index is 1.35. The van der Waals surface area contributed by atoms with Crippen LogP contribution in [0.5, 0.6) is 0 Å². The number of nitrogens with zero attached hydrogens (tertiary/aromatic N) is 2. The second-order valence-corrected chi connectivity index (χ2v) is 7.25. The first-order chi connectivity index (χ1) is 11.8. The van der Waals surface area contributed by atoms with Crippen LogP contribution in [0.1, 0.15) is 42.6 Å². The zero-order valence-corrected chi connectivity index (χ0v) is 13.6. The minimum atomic E-state index is -0.0832. The molecule has 2 aromatic heterocycles. The molecule has 2 bridgehead atoms. The highest BCUT2D eigenvalue weighted by Gasteiger charge is 2.39. The lowest BCUT2D eigenvalue weighted by Crippen LogP contribution is -2.43. The maximum atomic E-state index is 12.5. The average Bonchev–Trinajstić information content (AvgIpc) is 3.35. The third-order valence-electron chi connectivity index (χ3n) is 5.66. The molecule has 0 spiro atoms. The van der Waals surface area contributed by atoms with E-state index in [0.29, 0.717) is 17.8 Å². The van der Waals surface area contributed by atoms with Gasteiger partial charge >= 0.3 is 0 Å². The Morgan fingerprint density at radius 2 is 2.17 bits per heavy atom. The number of hydrogen-bond donors (Lipinski definition) is 2. The van der Waals surface area contributed by atoms with Crippen LogP contribution in [0.25, 0.3) is 11.0 Å². The first-order valence-corrected chi connectivity index (χ1v) is 8.98. The molecule has 0 saturated carbocycles. The van der Waals surface area contributed by atoms with Gasteiger partial charge in [-0.2, -0.15) is 0 Å². The molecular formula is C18H22N4O2. The first kappa shape index (κ1) is 14.3. The van der Waals surface area contributed by atoms with E-state index >= 15 is 0 Å². The molecule has 0 aromatic carbocycles. The number of furan rings is 1. The lowest BCUT2D eigenvalue weighted by atomic mass is 9.95. The molecule has 3 aliphatic rings. The van der Waals surface area contributed by atoms with Crippen LogP contribution in [-0.4, -0.2) is 42.1 Å². The van der Waals surface area contributed by atoms with Gasteiger partial charge in [-0.15, -0.1) is 0 Å². The molecule has 3 saturated heterocycles. The largest absolute Gasteiger partial charge is 0.439 e. The fraction of sp³-hybridized carbons (Fsp3) is 0.556. The van der Waals surface area contributed by atoms with Crippen LogP contribution in [0.2, 0.25) is 0 Å². The number of aromatic nitrogens is 1. The van der Waals surface area contributed by atoms with Crippen molar-refractivity contribution in [1.82, 2.24) is 15.6 Å². The summed E-state index contributed by atoms with van der Waals surface area (Å²) in [5.41, 5.74) is 1.22. The molecule has 5 rings (SSSR count). The molecule has 5 heterocycles. The topological polar surface area (TPSA) is 70.4 Å². The van der Waals surface area contributed by atoms with Gasteiger partial charge in [-0.05, 0) is 38.2 Å². The molecule has 2 aromatic rings. The van der Waals surface area contributed by atoms with Crippen LogP contribution in [0.3, 0.4) is 0 Å². The number of pyridine rings is 1. The smallest absolute Gasteiger partial charge is 0.270 e. The number of amides is 1. The molecule has 0 aliphatic carbocycles. The van der Waals surface area contributed by atoms with Gasteiger partial charge in [0.25, 0.3) is 5.91 Å². The summed E-state index contributed by atoms with van der Waals surface area (Å²) in [5, 5.41) is 7.64. The predicted molar refractivity (Wildman–Crippen MR) is 91.3 cm³/mol. The normalized spacial score (nSPS) is 28.8. The van der Waals surface area contributed by atoms with E-state index in [4.69, 9.17) is 4.42 Å². The third kappa shape index (κ3) is 2.36. The van der Waals surface area contributed by atoms with Gasteiger partial charge in [-0.25, -0.2) is 4.98 Å². The Morgan fingerprint density at radius 1 is 1.29 bits per heavy atom. The van der Waals surface area contributed by atoms with Crippen molar-refractivity contribution in [3.05, 3.63) is 24.0 Å². The van der Waals surface area contributed by atoms with E-state index in [2.05, 4.69) is 20.5 Å². The Bertz CT molecular complexity index is 780. The standard InChI is InChI=1S/C18H22N4O2/c23-18(21-14-9-12-3-4-13(14)20-12)15-7-11-8-17(22-5-1-2-6-22)24-16(11)10-19-15/h7-8,10,12-14,20H,1-6,9H2,(H,21,23)/t12-,13+,14-/m1/s1. The first-order valence-electron chi connectivity index (χ1n) is 8.98. The van der Waals surface area contributed by atoms with Crippen molar-refractivity contribution in [2.24, 2.45) is 0 Å². The van der Waals surface area contributed by atoms with E-state index in [0.717, 1.165) is 42.8 Å². The fourth-order valence-electron chi connectivity index (χ4n) is 4.38. The Labute approximate surface area is 140 Å². The summed E-state index contributed by atoms with van der Waals surface area (Å²) < 4.78 is 5.88. The van der Waals surface area contributed by atoms with Crippen LogP contribution >= 0.6 is 0 Å². The molecule has 0 unspecified atom stereocenters. The third-order valence-corrected chi connectivity index (χ3v) is 5.66. The predicted octanol–water partition coefficient (Wildman–Crippen LogP) is 2.05. The molecule has 3 atom stereocenters. The number of carbonyl (C=O) groups is 1. The van der Waals surface area contributed by atoms with Gasteiger partial charge in [0.05, 0.1) is 6.20 Å². The van der Waals surface area contributed by atoms with Crippen LogP contribution in [-0.2, 0) is 0 Å². The van der Waals surface area contributed by atoms with Gasteiger partial charge < -0.3 is 20.0 Å². The number of anilines is 1. The lowest BCUT2D eigenvalue weighted by Gasteiger charge is -2.21. The number of rotatable bonds is 3. The molecule has 126 valence electrons. The number of carbonyl (C=O) groups excluding carboxylic acids is 1. The van der Waals surface area contributed by atoms with Crippen LogP contribution in [0.4, 0.5) is 5.88 Å². The van der Waals surface area contributed by atoms with E-state index in [1.54, 1.807) is 6.20 Å². The minimum absolute atomic E-state index is 0.0832. The van der Waals surface area contributed by atoms with Crippen LogP contribution in [0.15, 0.2) is 22.7 Å². The molecule has 2 N–H and O–H groups in total. The van der Waals surface area contributed by atoms with E-state index in [1.165, 1.54) is 19.3 Å². The van der Waals surface area contributed by atoms with Crippen molar-refractivity contribution < 1.29 is 9.21 Å². The molecule has 6 heteroatoms. The molecule has 6 nitrogen and oxygen atoms in total. The highest BCUT2D eigenvalue weighted by atomic mass is 16.4. The highest BCUT2D eigenvalue weighted by molar-refractivity contribution is 5.96. The van der Waals surface area contributed by atoms with Gasteiger partial charge in [0, 0.05) is 42.7 Å². The van der Waals surface area contributed by atoms with Crippen molar-refractivity contribution >= 4 is 22.8 Å². The number of fused-ring (bicyclic) bond motifs is 3. The molecule has 1 amide bonds. The molecule has 3 aliphatic heterocycles. The van der Waals surface area contributed by atoms with Crippen molar-refractivity contribution in [1.29, 1.82) is 0 Å². The highest BCUT2D eigenvalue weighted by Crippen LogP contribution is 2.30. The van der Waals surface area contributed by atoms with Crippen LogP contribution < -0.4 is 15.5 Å². The number of hydrogen-bond acceptors (Lipinski definition) is 5. The van der Waals surface area contributed by atoms with E-state index in [1.807, 2.05) is 12.1 Å². The summed E-state index contributed by atoms with van der Waals surface area (Å²) >= 11 is 0. The second-order valence-electron chi connectivity index (χ2n) is 7.25. The maximum Gasteiger partial charge on any atom is 0.270 e.